The van der Waals surface area contributed by atoms with Gasteiger partial charge in [0.25, 0.3) is 11.5 Å². The van der Waals surface area contributed by atoms with Crippen LogP contribution in [0.3, 0.4) is 0 Å². The van der Waals surface area contributed by atoms with E-state index in [1.807, 2.05) is 0 Å². The summed E-state index contributed by atoms with van der Waals surface area (Å²) in [4.78, 5) is 28.5. The Balaban J connectivity index is 1.30. The van der Waals surface area contributed by atoms with Crippen molar-refractivity contribution in [3.8, 4) is 5.69 Å². The summed E-state index contributed by atoms with van der Waals surface area (Å²) in [6.07, 6.45) is 4.46. The third kappa shape index (κ3) is 4.97. The van der Waals surface area contributed by atoms with E-state index in [1.54, 1.807) is 31.3 Å². The first kappa shape index (κ1) is 20.7. The van der Waals surface area contributed by atoms with Crippen LogP contribution in [0.25, 0.3) is 5.69 Å². The molecule has 31 heavy (non-hydrogen) atoms. The third-order valence-corrected chi connectivity index (χ3v) is 5.31. The predicted molar refractivity (Wildman–Crippen MR) is 112 cm³/mol. The van der Waals surface area contributed by atoms with Gasteiger partial charge < -0.3 is 20.3 Å². The van der Waals surface area contributed by atoms with Crippen LogP contribution in [-0.4, -0.2) is 43.5 Å². The lowest BCUT2D eigenvalue weighted by Crippen LogP contribution is -2.28. The molecule has 0 aromatic carbocycles. The molecule has 3 heterocycles. The van der Waals surface area contributed by atoms with Crippen molar-refractivity contribution in [2.45, 2.75) is 38.8 Å². The average Bonchev–Trinajstić information content (AvgIpc) is 3.42. The molecule has 0 spiro atoms. The van der Waals surface area contributed by atoms with Crippen molar-refractivity contribution in [1.82, 2.24) is 25.2 Å². The van der Waals surface area contributed by atoms with E-state index in [0.29, 0.717) is 35.4 Å². The molecule has 0 radical (unpaired) electrons. The van der Waals surface area contributed by atoms with Crippen molar-refractivity contribution in [3.63, 3.8) is 0 Å². The Labute approximate surface area is 178 Å². The van der Waals surface area contributed by atoms with Crippen LogP contribution in [0.5, 0.6) is 0 Å². The van der Waals surface area contributed by atoms with Gasteiger partial charge in [0.1, 0.15) is 5.82 Å². The SMILES string of the molecule is Cc1cc(C(=O)NC[C@@H]2CC[C@H](Nc3ccc(-n4nc(CO)ccc4=O)cn3)C2)on1. The summed E-state index contributed by atoms with van der Waals surface area (Å²) in [5, 5.41) is 23.4. The number of carbonyl (C=O) groups excluding carboxylic acids is 1. The first-order chi connectivity index (χ1) is 15.0. The maximum atomic E-state index is 12.1. The minimum absolute atomic E-state index is 0.229. The lowest BCUT2D eigenvalue weighted by atomic mass is 10.1. The standard InChI is InChI=1S/C21H24N6O4/c1-13-8-18(31-26-13)21(30)23-10-14-2-3-15(9-14)24-19-6-5-17(11-22-19)27-20(29)7-4-16(12-28)25-27/h4-8,11,14-15,28H,2-3,9-10,12H2,1H3,(H,22,24)(H,23,30)/t14-,15+/m1/s1. The van der Waals surface area contributed by atoms with Gasteiger partial charge in [-0.1, -0.05) is 5.16 Å². The molecule has 0 aliphatic heterocycles. The maximum absolute atomic E-state index is 12.1. The van der Waals surface area contributed by atoms with E-state index in [0.717, 1.165) is 19.3 Å². The highest BCUT2D eigenvalue weighted by Crippen LogP contribution is 2.27. The molecule has 0 saturated heterocycles. The van der Waals surface area contributed by atoms with E-state index >= 15 is 0 Å². The number of nitrogens with one attached hydrogen (secondary N) is 2. The van der Waals surface area contributed by atoms with Gasteiger partial charge in [0, 0.05) is 24.7 Å². The third-order valence-electron chi connectivity index (χ3n) is 5.31. The molecular formula is C21H24N6O4. The molecule has 1 aliphatic rings. The number of amides is 1. The van der Waals surface area contributed by atoms with Crippen molar-refractivity contribution in [3.05, 3.63) is 64.0 Å². The van der Waals surface area contributed by atoms with E-state index in [2.05, 4.69) is 25.9 Å². The van der Waals surface area contributed by atoms with E-state index in [4.69, 9.17) is 4.52 Å². The maximum Gasteiger partial charge on any atom is 0.289 e. The monoisotopic (exact) mass is 424 g/mol. The van der Waals surface area contributed by atoms with Crippen LogP contribution in [0, 0.1) is 12.8 Å². The Hall–Kier alpha value is -3.53. The van der Waals surface area contributed by atoms with Crippen LogP contribution in [0.4, 0.5) is 5.82 Å². The zero-order valence-electron chi connectivity index (χ0n) is 17.1. The number of nitrogens with zero attached hydrogens (tertiary/aromatic N) is 4. The highest BCUT2D eigenvalue weighted by Gasteiger charge is 2.25. The van der Waals surface area contributed by atoms with Crippen molar-refractivity contribution in [2.24, 2.45) is 5.92 Å². The van der Waals surface area contributed by atoms with E-state index in [1.165, 1.54) is 16.8 Å². The van der Waals surface area contributed by atoms with E-state index in [-0.39, 0.29) is 29.9 Å². The highest BCUT2D eigenvalue weighted by molar-refractivity contribution is 5.91. The number of hydrogen-bond acceptors (Lipinski definition) is 8. The summed E-state index contributed by atoms with van der Waals surface area (Å²) >= 11 is 0. The lowest BCUT2D eigenvalue weighted by Gasteiger charge is -2.15. The normalized spacial score (nSPS) is 18.1. The van der Waals surface area contributed by atoms with Crippen molar-refractivity contribution in [1.29, 1.82) is 0 Å². The van der Waals surface area contributed by atoms with E-state index < -0.39 is 0 Å². The molecule has 1 amide bonds. The van der Waals surface area contributed by atoms with Crippen LogP contribution in [-0.2, 0) is 6.61 Å². The number of aromatic nitrogens is 4. The largest absolute Gasteiger partial charge is 0.390 e. The van der Waals surface area contributed by atoms with Gasteiger partial charge in [0.05, 0.1) is 29.9 Å². The molecular weight excluding hydrogens is 400 g/mol. The summed E-state index contributed by atoms with van der Waals surface area (Å²) in [6.45, 7) is 2.11. The van der Waals surface area contributed by atoms with Gasteiger partial charge in [-0.05, 0) is 50.3 Å². The smallest absolute Gasteiger partial charge is 0.289 e. The molecule has 10 nitrogen and oxygen atoms in total. The van der Waals surface area contributed by atoms with Crippen LogP contribution in [0.2, 0.25) is 0 Å². The number of carbonyl (C=O) groups is 1. The fraction of sp³-hybridized carbons (Fsp3) is 0.381. The predicted octanol–water partition coefficient (Wildman–Crippen LogP) is 1.43. The first-order valence-corrected chi connectivity index (χ1v) is 10.2. The van der Waals surface area contributed by atoms with Crippen molar-refractivity contribution >= 4 is 11.7 Å². The molecule has 1 aliphatic carbocycles. The van der Waals surface area contributed by atoms with Gasteiger partial charge in [-0.2, -0.15) is 9.78 Å². The lowest BCUT2D eigenvalue weighted by molar-refractivity contribution is 0.0910. The minimum Gasteiger partial charge on any atom is -0.390 e. The Morgan fingerprint density at radius 1 is 1.29 bits per heavy atom. The molecule has 0 unspecified atom stereocenters. The summed E-state index contributed by atoms with van der Waals surface area (Å²) in [6, 6.07) is 8.30. The number of pyridine rings is 1. The van der Waals surface area contributed by atoms with Crippen LogP contribution >= 0.6 is 0 Å². The van der Waals surface area contributed by atoms with Gasteiger partial charge in [-0.15, -0.1) is 0 Å². The first-order valence-electron chi connectivity index (χ1n) is 10.2. The number of hydrogen-bond donors (Lipinski definition) is 3. The number of aliphatic hydroxyl groups excluding tert-OH is 1. The zero-order valence-corrected chi connectivity index (χ0v) is 17.1. The van der Waals surface area contributed by atoms with Crippen molar-refractivity contribution < 1.29 is 14.4 Å². The van der Waals surface area contributed by atoms with Crippen LogP contribution < -0.4 is 16.2 Å². The molecule has 1 saturated carbocycles. The summed E-state index contributed by atoms with van der Waals surface area (Å²) in [5.41, 5.74) is 1.32. The Kier molecular flexibility index (Phi) is 6.08. The van der Waals surface area contributed by atoms with E-state index in [9.17, 15) is 14.7 Å². The summed E-state index contributed by atoms with van der Waals surface area (Å²) in [7, 11) is 0. The van der Waals surface area contributed by atoms with Crippen LogP contribution in [0.15, 0.2) is 45.8 Å². The van der Waals surface area contributed by atoms with Gasteiger partial charge in [-0.25, -0.2) is 4.98 Å². The zero-order chi connectivity index (χ0) is 21.8. The number of aliphatic hydroxyl groups is 1. The fourth-order valence-corrected chi connectivity index (χ4v) is 3.71. The molecule has 3 aromatic rings. The second-order valence-corrected chi connectivity index (χ2v) is 7.70. The quantitative estimate of drug-likeness (QED) is 0.518. The summed E-state index contributed by atoms with van der Waals surface area (Å²) in [5.74, 6) is 1.06. The molecule has 1 fully saturated rings. The number of anilines is 1. The van der Waals surface area contributed by atoms with Gasteiger partial charge in [0.15, 0.2) is 0 Å². The summed E-state index contributed by atoms with van der Waals surface area (Å²) < 4.78 is 6.20. The molecule has 2 atom stereocenters. The Morgan fingerprint density at radius 3 is 2.87 bits per heavy atom. The average molecular weight is 424 g/mol. The number of aryl methyl sites for hydroxylation is 1. The molecule has 0 bridgehead atoms. The molecule has 10 heteroatoms. The topological polar surface area (TPSA) is 135 Å². The molecule has 3 aromatic heterocycles. The second-order valence-electron chi connectivity index (χ2n) is 7.70. The van der Waals surface area contributed by atoms with Gasteiger partial charge in [-0.3, -0.25) is 9.59 Å². The Morgan fingerprint density at radius 2 is 2.16 bits per heavy atom. The molecule has 3 N–H and O–H groups in total. The molecule has 4 rings (SSSR count). The fourth-order valence-electron chi connectivity index (χ4n) is 3.71. The minimum atomic E-state index is -0.291. The highest BCUT2D eigenvalue weighted by atomic mass is 16.5. The van der Waals surface area contributed by atoms with Gasteiger partial charge >= 0.3 is 0 Å². The van der Waals surface area contributed by atoms with Crippen molar-refractivity contribution in [2.75, 3.05) is 11.9 Å². The Bertz CT molecular complexity index is 1110. The number of rotatable bonds is 7. The molecule has 162 valence electrons. The second kappa shape index (κ2) is 9.09. The van der Waals surface area contributed by atoms with Gasteiger partial charge in [0.2, 0.25) is 5.76 Å². The van der Waals surface area contributed by atoms with Crippen LogP contribution in [0.1, 0.15) is 41.2 Å².